The second-order valence-corrected chi connectivity index (χ2v) is 9.23. The maximum atomic E-state index is 13.1. The average molecular weight is 485 g/mol. The van der Waals surface area contributed by atoms with Crippen molar-refractivity contribution in [2.75, 3.05) is 10.6 Å². The molecule has 2 N–H and O–H groups in total. The molecule has 1 saturated carbocycles. The molecule has 1 aliphatic rings. The lowest BCUT2D eigenvalue weighted by Gasteiger charge is -2.27. The summed E-state index contributed by atoms with van der Waals surface area (Å²) in [6, 6.07) is 15.1. The topological polar surface area (TPSA) is 120 Å². The molecular weight excluding hydrogens is 456 g/mol. The molecule has 2 atom stereocenters. The van der Waals surface area contributed by atoms with Gasteiger partial charge in [-0.3, -0.25) is 9.59 Å². The van der Waals surface area contributed by atoms with Crippen LogP contribution in [-0.4, -0.2) is 41.3 Å². The number of benzene rings is 2. The quantitative estimate of drug-likeness (QED) is 0.431. The molecule has 5 rings (SSSR count). The van der Waals surface area contributed by atoms with E-state index < -0.39 is 0 Å². The van der Waals surface area contributed by atoms with Gasteiger partial charge in [-0.1, -0.05) is 30.7 Å². The van der Waals surface area contributed by atoms with Crippen molar-refractivity contribution < 1.29 is 9.59 Å². The van der Waals surface area contributed by atoms with Crippen LogP contribution in [0.1, 0.15) is 25.7 Å². The maximum Gasteiger partial charge on any atom is 0.227 e. The molecule has 2 aromatic heterocycles. The first-order chi connectivity index (χ1) is 17.5. The number of aromatic nitrogens is 6. The van der Waals surface area contributed by atoms with Crippen molar-refractivity contribution in [1.29, 1.82) is 0 Å². The highest BCUT2D eigenvalue weighted by Gasteiger charge is 2.31. The second kappa shape index (κ2) is 10.1. The van der Waals surface area contributed by atoms with E-state index in [1.54, 1.807) is 12.7 Å². The predicted molar refractivity (Wildman–Crippen MR) is 136 cm³/mol. The summed E-state index contributed by atoms with van der Waals surface area (Å²) in [5.41, 5.74) is 3.15. The van der Waals surface area contributed by atoms with Crippen LogP contribution in [0, 0.1) is 11.8 Å². The van der Waals surface area contributed by atoms with Gasteiger partial charge in [-0.15, -0.1) is 20.4 Å². The van der Waals surface area contributed by atoms with E-state index in [0.717, 1.165) is 42.0 Å². The molecule has 4 aromatic rings. The minimum atomic E-state index is -0.224. The lowest BCUT2D eigenvalue weighted by molar-refractivity contribution is -0.124. The van der Waals surface area contributed by atoms with Gasteiger partial charge >= 0.3 is 0 Å². The molecular formula is C26H28N8O2. The first-order valence-electron chi connectivity index (χ1n) is 12.0. The number of nitrogens with zero attached hydrogens (tertiary/aromatic N) is 6. The van der Waals surface area contributed by atoms with Gasteiger partial charge in [0.1, 0.15) is 12.7 Å². The van der Waals surface area contributed by atoms with Crippen LogP contribution < -0.4 is 10.6 Å². The van der Waals surface area contributed by atoms with Crippen LogP contribution in [0.5, 0.6) is 0 Å². The lowest BCUT2D eigenvalue weighted by atomic mass is 9.80. The highest BCUT2D eigenvalue weighted by molar-refractivity contribution is 5.96. The summed E-state index contributed by atoms with van der Waals surface area (Å²) in [6.45, 7) is 0. The summed E-state index contributed by atoms with van der Waals surface area (Å²) in [4.78, 5) is 26.2. The standard InChI is InChI=1S/C26H28N8O2/c1-33-15-27-31-23(33)17-6-4-10-21(13-17)29-25(35)19-8-3-9-20(12-19)26(36)30-22-11-5-7-18(14-22)24-32-28-16-34(24)2/h4-7,10-11,13-16,19-20H,3,8-9,12H2,1-2H3,(H,29,35)(H,30,36). The van der Waals surface area contributed by atoms with E-state index in [0.29, 0.717) is 17.8 Å². The zero-order valence-electron chi connectivity index (χ0n) is 20.3. The van der Waals surface area contributed by atoms with E-state index in [-0.39, 0.29) is 23.7 Å². The van der Waals surface area contributed by atoms with E-state index in [4.69, 9.17) is 0 Å². The highest BCUT2D eigenvalue weighted by atomic mass is 16.2. The van der Waals surface area contributed by atoms with E-state index in [2.05, 4.69) is 31.0 Å². The first-order valence-corrected chi connectivity index (χ1v) is 12.0. The summed E-state index contributed by atoms with van der Waals surface area (Å²) in [7, 11) is 3.75. The number of hydrogen-bond donors (Lipinski definition) is 2. The number of anilines is 2. The van der Waals surface area contributed by atoms with Crippen molar-refractivity contribution in [2.45, 2.75) is 25.7 Å². The van der Waals surface area contributed by atoms with E-state index in [9.17, 15) is 9.59 Å². The van der Waals surface area contributed by atoms with Gasteiger partial charge in [0.05, 0.1) is 0 Å². The SMILES string of the molecule is Cn1cnnc1-c1cccc(NC(=O)C2CCCC(C(=O)Nc3cccc(-c4nncn4C)c3)C2)c1. The highest BCUT2D eigenvalue weighted by Crippen LogP contribution is 2.32. The molecule has 2 unspecified atom stereocenters. The zero-order chi connectivity index (χ0) is 25.1. The molecule has 1 fully saturated rings. The molecule has 10 heteroatoms. The molecule has 2 amide bonds. The Hall–Kier alpha value is -4.34. The van der Waals surface area contributed by atoms with E-state index in [1.165, 1.54) is 0 Å². The Labute approximate surface area is 208 Å². The Balaban J connectivity index is 1.22. The number of rotatable bonds is 6. The van der Waals surface area contributed by atoms with Gasteiger partial charge in [-0.2, -0.15) is 0 Å². The van der Waals surface area contributed by atoms with E-state index >= 15 is 0 Å². The van der Waals surface area contributed by atoms with Gasteiger partial charge in [0.15, 0.2) is 11.6 Å². The molecule has 10 nitrogen and oxygen atoms in total. The number of amides is 2. The Morgan fingerprint density at radius 1 is 0.778 bits per heavy atom. The molecule has 1 aliphatic carbocycles. The summed E-state index contributed by atoms with van der Waals surface area (Å²) in [5.74, 6) is 0.877. The van der Waals surface area contributed by atoms with Crippen LogP contribution in [0.4, 0.5) is 11.4 Å². The molecule has 2 heterocycles. The van der Waals surface area contributed by atoms with Crippen LogP contribution in [0.15, 0.2) is 61.2 Å². The van der Waals surface area contributed by atoms with Crippen molar-refractivity contribution in [3.8, 4) is 22.8 Å². The van der Waals surface area contributed by atoms with Crippen LogP contribution in [0.2, 0.25) is 0 Å². The number of carbonyl (C=O) groups is 2. The van der Waals surface area contributed by atoms with Crippen LogP contribution in [0.25, 0.3) is 22.8 Å². The smallest absolute Gasteiger partial charge is 0.227 e. The number of nitrogens with one attached hydrogen (secondary N) is 2. The molecule has 0 saturated heterocycles. The molecule has 36 heavy (non-hydrogen) atoms. The van der Waals surface area contributed by atoms with Crippen molar-refractivity contribution in [2.24, 2.45) is 25.9 Å². The Morgan fingerprint density at radius 3 is 1.67 bits per heavy atom. The van der Waals surface area contributed by atoms with Gasteiger partial charge in [0.2, 0.25) is 11.8 Å². The number of carbonyl (C=O) groups excluding carboxylic acids is 2. The minimum absolute atomic E-state index is 0.0631. The average Bonchev–Trinajstić information content (AvgIpc) is 3.52. The monoisotopic (exact) mass is 484 g/mol. The summed E-state index contributed by atoms with van der Waals surface area (Å²) < 4.78 is 3.66. The van der Waals surface area contributed by atoms with Crippen LogP contribution in [-0.2, 0) is 23.7 Å². The molecule has 0 spiro atoms. The van der Waals surface area contributed by atoms with Crippen molar-refractivity contribution in [3.63, 3.8) is 0 Å². The Morgan fingerprint density at radius 2 is 1.25 bits per heavy atom. The largest absolute Gasteiger partial charge is 0.326 e. The third-order valence-electron chi connectivity index (χ3n) is 6.62. The first kappa shape index (κ1) is 23.4. The Kier molecular flexibility index (Phi) is 6.57. The third kappa shape index (κ3) is 5.02. The third-order valence-corrected chi connectivity index (χ3v) is 6.62. The fourth-order valence-electron chi connectivity index (χ4n) is 4.72. The molecule has 0 bridgehead atoms. The molecule has 2 aromatic carbocycles. The second-order valence-electron chi connectivity index (χ2n) is 9.23. The fraction of sp³-hybridized carbons (Fsp3) is 0.308. The van der Waals surface area contributed by atoms with Crippen LogP contribution >= 0.6 is 0 Å². The van der Waals surface area contributed by atoms with E-state index in [1.807, 2.05) is 71.8 Å². The minimum Gasteiger partial charge on any atom is -0.326 e. The molecule has 0 aliphatic heterocycles. The lowest BCUT2D eigenvalue weighted by Crippen LogP contribution is -2.33. The normalized spacial score (nSPS) is 17.5. The fourth-order valence-corrected chi connectivity index (χ4v) is 4.72. The van der Waals surface area contributed by atoms with Crippen molar-refractivity contribution in [3.05, 3.63) is 61.2 Å². The van der Waals surface area contributed by atoms with Crippen LogP contribution in [0.3, 0.4) is 0 Å². The summed E-state index contributed by atoms with van der Waals surface area (Å²) in [5, 5.41) is 22.2. The van der Waals surface area contributed by atoms with Crippen molar-refractivity contribution >= 4 is 23.2 Å². The number of aryl methyl sites for hydroxylation is 2. The van der Waals surface area contributed by atoms with Gasteiger partial charge in [0.25, 0.3) is 0 Å². The number of hydrogen-bond acceptors (Lipinski definition) is 6. The zero-order valence-corrected chi connectivity index (χ0v) is 20.3. The van der Waals surface area contributed by atoms with Gasteiger partial charge in [-0.05, 0) is 43.5 Å². The molecule has 184 valence electrons. The predicted octanol–water partition coefficient (Wildman–Crippen LogP) is 3.66. The van der Waals surface area contributed by atoms with Gasteiger partial charge < -0.3 is 19.8 Å². The van der Waals surface area contributed by atoms with Gasteiger partial charge in [0, 0.05) is 48.4 Å². The Bertz CT molecular complexity index is 1290. The summed E-state index contributed by atoms with van der Waals surface area (Å²) in [6.07, 6.45) is 6.15. The summed E-state index contributed by atoms with van der Waals surface area (Å²) >= 11 is 0. The molecule has 0 radical (unpaired) electrons. The maximum absolute atomic E-state index is 13.1. The van der Waals surface area contributed by atoms with Crippen molar-refractivity contribution in [1.82, 2.24) is 29.5 Å². The van der Waals surface area contributed by atoms with Gasteiger partial charge in [-0.25, -0.2) is 0 Å².